The number of carbonyl (C=O) groups is 1. The number of halogens is 3. The van der Waals surface area contributed by atoms with E-state index in [4.69, 9.17) is 33.0 Å². The first-order valence-corrected chi connectivity index (χ1v) is 11.7. The number of carboxylic acid groups (broad SMARTS) is 1. The first-order chi connectivity index (χ1) is 14.4. The van der Waals surface area contributed by atoms with Gasteiger partial charge in [-0.2, -0.15) is 0 Å². The van der Waals surface area contributed by atoms with Gasteiger partial charge in [-0.25, -0.2) is 4.79 Å². The van der Waals surface area contributed by atoms with Gasteiger partial charge in [-0.15, -0.1) is 11.8 Å². The lowest BCUT2D eigenvalue weighted by Crippen LogP contribution is -2.09. The zero-order chi connectivity index (χ0) is 21.5. The van der Waals surface area contributed by atoms with Gasteiger partial charge in [0.2, 0.25) is 0 Å². The van der Waals surface area contributed by atoms with E-state index in [1.54, 1.807) is 17.8 Å². The molecule has 0 bridgehead atoms. The van der Waals surface area contributed by atoms with Crippen LogP contribution in [-0.2, 0) is 4.79 Å². The molecule has 7 heteroatoms. The van der Waals surface area contributed by atoms with E-state index >= 15 is 0 Å². The molecule has 3 aromatic rings. The molecule has 30 heavy (non-hydrogen) atoms. The number of hydrogen-bond acceptors (Lipinski definition) is 3. The summed E-state index contributed by atoms with van der Waals surface area (Å²) in [5.41, 5.74) is 3.11. The van der Waals surface area contributed by atoms with E-state index < -0.39 is 5.97 Å². The van der Waals surface area contributed by atoms with Gasteiger partial charge in [-0.3, -0.25) is 0 Å². The molecule has 0 aliphatic heterocycles. The largest absolute Gasteiger partial charge is 0.482 e. The smallest absolute Gasteiger partial charge is 0.341 e. The maximum Gasteiger partial charge on any atom is 0.341 e. The van der Waals surface area contributed by atoms with Crippen LogP contribution < -0.4 is 4.74 Å². The molecule has 0 fully saturated rings. The standard InChI is InChI=1S/C23H17Cl2IO3S/c24-17-5-1-3-15(11-17)20(16-4-2-6-18(25)12-16)9-10-30-22-8-7-19(13-21(22)26)29-14-23(27)28/h1-9,11-13H,10,14H2,(H,27,28). The normalized spacial score (nSPS) is 10.5. The number of ether oxygens (including phenoxy) is 1. The summed E-state index contributed by atoms with van der Waals surface area (Å²) in [4.78, 5) is 11.7. The minimum Gasteiger partial charge on any atom is -0.482 e. The average Bonchev–Trinajstić information content (AvgIpc) is 2.71. The molecule has 0 heterocycles. The summed E-state index contributed by atoms with van der Waals surface area (Å²) in [5, 5.41) is 10.1. The van der Waals surface area contributed by atoms with Crippen LogP contribution in [0.2, 0.25) is 10.0 Å². The molecule has 0 atom stereocenters. The molecule has 1 N–H and O–H groups in total. The van der Waals surface area contributed by atoms with Crippen LogP contribution in [0.1, 0.15) is 11.1 Å². The summed E-state index contributed by atoms with van der Waals surface area (Å²) in [5.74, 6) is 0.281. The highest BCUT2D eigenvalue weighted by molar-refractivity contribution is 14.1. The van der Waals surface area contributed by atoms with E-state index in [0.29, 0.717) is 15.8 Å². The van der Waals surface area contributed by atoms with E-state index in [1.165, 1.54) is 0 Å². The average molecular weight is 571 g/mol. The second kappa shape index (κ2) is 11.1. The zero-order valence-electron chi connectivity index (χ0n) is 15.6. The van der Waals surface area contributed by atoms with Gasteiger partial charge >= 0.3 is 5.97 Å². The summed E-state index contributed by atoms with van der Waals surface area (Å²) in [7, 11) is 0. The molecule has 0 spiro atoms. The van der Waals surface area contributed by atoms with Crippen molar-refractivity contribution >= 4 is 69.1 Å². The summed E-state index contributed by atoms with van der Waals surface area (Å²) < 4.78 is 6.23. The van der Waals surface area contributed by atoms with Gasteiger partial charge in [0.15, 0.2) is 6.61 Å². The second-order valence-electron chi connectivity index (χ2n) is 6.22. The Kier molecular flexibility index (Phi) is 8.50. The van der Waals surface area contributed by atoms with E-state index in [0.717, 1.165) is 30.9 Å². The maximum atomic E-state index is 10.7. The molecular weight excluding hydrogens is 554 g/mol. The number of hydrogen-bond donors (Lipinski definition) is 1. The third-order valence-electron chi connectivity index (χ3n) is 4.06. The van der Waals surface area contributed by atoms with Crippen molar-refractivity contribution in [3.8, 4) is 5.75 Å². The molecule has 0 unspecified atom stereocenters. The van der Waals surface area contributed by atoms with Crippen molar-refractivity contribution in [2.75, 3.05) is 12.4 Å². The van der Waals surface area contributed by atoms with Gasteiger partial charge in [0.1, 0.15) is 5.75 Å². The number of rotatable bonds is 8. The summed E-state index contributed by atoms with van der Waals surface area (Å²) in [6.07, 6.45) is 2.16. The fourth-order valence-corrected chi connectivity index (χ4v) is 4.89. The molecule has 0 amide bonds. The van der Waals surface area contributed by atoms with Crippen LogP contribution in [0.5, 0.6) is 5.75 Å². The van der Waals surface area contributed by atoms with Crippen LogP contribution in [0.4, 0.5) is 0 Å². The van der Waals surface area contributed by atoms with Crippen molar-refractivity contribution in [2.24, 2.45) is 0 Å². The van der Waals surface area contributed by atoms with Crippen molar-refractivity contribution in [3.05, 3.63) is 97.5 Å². The first kappa shape index (κ1) is 23.0. The van der Waals surface area contributed by atoms with Crippen LogP contribution in [-0.4, -0.2) is 23.4 Å². The number of thioether (sulfide) groups is 1. The quantitative estimate of drug-likeness (QED) is 0.228. The van der Waals surface area contributed by atoms with Gasteiger partial charge in [0.05, 0.1) is 0 Å². The Labute approximate surface area is 203 Å². The fraction of sp³-hybridized carbons (Fsp3) is 0.0870. The monoisotopic (exact) mass is 570 g/mol. The van der Waals surface area contributed by atoms with Crippen molar-refractivity contribution < 1.29 is 14.6 Å². The summed E-state index contributed by atoms with van der Waals surface area (Å²) >= 11 is 16.3. The van der Waals surface area contributed by atoms with Crippen LogP contribution in [0, 0.1) is 3.57 Å². The maximum absolute atomic E-state index is 10.7. The molecule has 3 nitrogen and oxygen atoms in total. The van der Waals surface area contributed by atoms with Gasteiger partial charge < -0.3 is 9.84 Å². The molecule has 0 aromatic heterocycles. The Morgan fingerprint density at radius 1 is 1.00 bits per heavy atom. The number of benzene rings is 3. The number of carboxylic acids is 1. The van der Waals surface area contributed by atoms with Crippen molar-refractivity contribution in [1.29, 1.82) is 0 Å². The highest BCUT2D eigenvalue weighted by Gasteiger charge is 2.08. The first-order valence-electron chi connectivity index (χ1n) is 8.91. The molecule has 0 aliphatic rings. The van der Waals surface area contributed by atoms with Crippen LogP contribution >= 0.6 is 57.6 Å². The third-order valence-corrected chi connectivity index (χ3v) is 6.79. The zero-order valence-corrected chi connectivity index (χ0v) is 20.1. The molecule has 0 radical (unpaired) electrons. The lowest BCUT2D eigenvalue weighted by molar-refractivity contribution is -0.139. The van der Waals surface area contributed by atoms with Crippen molar-refractivity contribution in [1.82, 2.24) is 0 Å². The second-order valence-corrected chi connectivity index (χ2v) is 9.32. The summed E-state index contributed by atoms with van der Waals surface area (Å²) in [6.45, 7) is -0.353. The SMILES string of the molecule is O=C(O)COc1ccc(SCC=C(c2cccc(Cl)c2)c2cccc(Cl)c2)c(I)c1. The number of aliphatic carboxylic acids is 1. The van der Waals surface area contributed by atoms with Gasteiger partial charge in [-0.1, -0.05) is 53.5 Å². The predicted octanol–water partition coefficient (Wildman–Crippen LogP) is 7.29. The van der Waals surface area contributed by atoms with Crippen LogP contribution in [0.25, 0.3) is 5.57 Å². The topological polar surface area (TPSA) is 46.5 Å². The van der Waals surface area contributed by atoms with Gasteiger partial charge in [0.25, 0.3) is 0 Å². The predicted molar refractivity (Wildman–Crippen MR) is 133 cm³/mol. The van der Waals surface area contributed by atoms with Gasteiger partial charge in [-0.05, 0) is 81.8 Å². The minimum atomic E-state index is -0.997. The Morgan fingerprint density at radius 3 is 2.17 bits per heavy atom. The minimum absolute atomic E-state index is 0.353. The third kappa shape index (κ3) is 6.67. The highest BCUT2D eigenvalue weighted by Crippen LogP contribution is 2.31. The Morgan fingerprint density at radius 2 is 1.63 bits per heavy atom. The van der Waals surface area contributed by atoms with E-state index in [9.17, 15) is 4.79 Å². The lowest BCUT2D eigenvalue weighted by atomic mass is 9.98. The van der Waals surface area contributed by atoms with Gasteiger partial charge in [0, 0.05) is 24.3 Å². The molecule has 0 saturated carbocycles. The highest BCUT2D eigenvalue weighted by atomic mass is 127. The fourth-order valence-electron chi connectivity index (χ4n) is 2.76. The molecular formula is C23H17Cl2IO3S. The lowest BCUT2D eigenvalue weighted by Gasteiger charge is -2.11. The molecule has 0 aliphatic carbocycles. The van der Waals surface area contributed by atoms with E-state index in [-0.39, 0.29) is 6.61 Å². The molecule has 3 rings (SSSR count). The molecule has 3 aromatic carbocycles. The van der Waals surface area contributed by atoms with Crippen LogP contribution in [0.3, 0.4) is 0 Å². The Balaban J connectivity index is 1.80. The van der Waals surface area contributed by atoms with E-state index in [1.807, 2.05) is 60.7 Å². The summed E-state index contributed by atoms with van der Waals surface area (Å²) in [6, 6.07) is 21.1. The Hall–Kier alpha value is -1.67. The van der Waals surface area contributed by atoms with Crippen molar-refractivity contribution in [2.45, 2.75) is 4.90 Å². The molecule has 0 saturated heterocycles. The molecule has 154 valence electrons. The van der Waals surface area contributed by atoms with E-state index in [2.05, 4.69) is 28.7 Å². The van der Waals surface area contributed by atoms with Crippen LogP contribution in [0.15, 0.2) is 77.7 Å². The van der Waals surface area contributed by atoms with Crippen molar-refractivity contribution in [3.63, 3.8) is 0 Å². The Bertz CT molecular complexity index is 1040.